The zero-order chi connectivity index (χ0) is 12.0. The average molecular weight is 223 g/mol. The summed E-state index contributed by atoms with van der Waals surface area (Å²) in [7, 11) is 0. The van der Waals surface area contributed by atoms with Crippen molar-refractivity contribution in [3.05, 3.63) is 24.3 Å². The van der Waals surface area contributed by atoms with E-state index in [2.05, 4.69) is 0 Å². The number of ether oxygens (including phenoxy) is 2. The van der Waals surface area contributed by atoms with Crippen LogP contribution in [0.15, 0.2) is 24.3 Å². The Kier molecular flexibility index (Phi) is 5.12. The van der Waals surface area contributed by atoms with Gasteiger partial charge in [-0.3, -0.25) is 0 Å². The number of rotatable bonds is 6. The van der Waals surface area contributed by atoms with Gasteiger partial charge in [0.25, 0.3) is 0 Å². The van der Waals surface area contributed by atoms with Gasteiger partial charge >= 0.3 is 0 Å². The molecule has 0 radical (unpaired) electrons. The minimum absolute atomic E-state index is 0.0987. The largest absolute Gasteiger partial charge is 0.490 e. The lowest BCUT2D eigenvalue weighted by Crippen LogP contribution is -2.24. The molecule has 0 spiro atoms. The van der Waals surface area contributed by atoms with Gasteiger partial charge < -0.3 is 15.2 Å². The van der Waals surface area contributed by atoms with Crippen LogP contribution in [0, 0.1) is 0 Å². The summed E-state index contributed by atoms with van der Waals surface area (Å²) in [5, 5.41) is 0. The van der Waals surface area contributed by atoms with Gasteiger partial charge in [0, 0.05) is 6.04 Å². The summed E-state index contributed by atoms with van der Waals surface area (Å²) in [4.78, 5) is 0. The molecule has 3 nitrogen and oxygen atoms in total. The molecule has 0 aromatic heterocycles. The molecule has 0 amide bonds. The fourth-order valence-electron chi connectivity index (χ4n) is 1.61. The Morgan fingerprint density at radius 3 is 2.38 bits per heavy atom. The molecule has 1 rings (SSSR count). The van der Waals surface area contributed by atoms with Gasteiger partial charge in [0.15, 0.2) is 11.5 Å². The van der Waals surface area contributed by atoms with Crippen LogP contribution in [0.1, 0.15) is 27.2 Å². The highest BCUT2D eigenvalue weighted by Crippen LogP contribution is 2.27. The SMILES string of the molecule is CCOc1ccccc1OC(C)CC(C)N. The van der Waals surface area contributed by atoms with Gasteiger partial charge in [0.2, 0.25) is 0 Å². The van der Waals surface area contributed by atoms with E-state index in [0.29, 0.717) is 6.61 Å². The second-order valence-corrected chi connectivity index (χ2v) is 4.02. The Hall–Kier alpha value is -1.22. The summed E-state index contributed by atoms with van der Waals surface area (Å²) in [5.41, 5.74) is 5.73. The predicted octanol–water partition coefficient (Wildman–Crippen LogP) is 2.59. The van der Waals surface area contributed by atoms with Gasteiger partial charge in [0.1, 0.15) is 0 Å². The Morgan fingerprint density at radius 1 is 1.19 bits per heavy atom. The first-order valence-electron chi connectivity index (χ1n) is 5.77. The quantitative estimate of drug-likeness (QED) is 0.806. The van der Waals surface area contributed by atoms with Crippen LogP contribution < -0.4 is 15.2 Å². The minimum atomic E-state index is 0.0987. The maximum Gasteiger partial charge on any atom is 0.161 e. The number of benzene rings is 1. The molecule has 0 saturated carbocycles. The van der Waals surface area contributed by atoms with Gasteiger partial charge in [-0.15, -0.1) is 0 Å². The lowest BCUT2D eigenvalue weighted by Gasteiger charge is -2.18. The zero-order valence-corrected chi connectivity index (χ0v) is 10.3. The molecule has 1 aromatic carbocycles. The Morgan fingerprint density at radius 2 is 1.81 bits per heavy atom. The van der Waals surface area contributed by atoms with Crippen molar-refractivity contribution in [2.45, 2.75) is 39.3 Å². The molecule has 90 valence electrons. The summed E-state index contributed by atoms with van der Waals surface area (Å²) >= 11 is 0. The van der Waals surface area contributed by atoms with Crippen molar-refractivity contribution in [1.82, 2.24) is 0 Å². The first-order valence-corrected chi connectivity index (χ1v) is 5.77. The van der Waals surface area contributed by atoms with E-state index in [1.807, 2.05) is 45.0 Å². The first kappa shape index (κ1) is 12.8. The van der Waals surface area contributed by atoms with Gasteiger partial charge in [-0.1, -0.05) is 12.1 Å². The van der Waals surface area contributed by atoms with E-state index in [9.17, 15) is 0 Å². The Balaban J connectivity index is 2.64. The Bertz CT molecular complexity index is 313. The number of para-hydroxylation sites is 2. The molecule has 0 bridgehead atoms. The maximum absolute atomic E-state index is 5.80. The third-order valence-corrected chi connectivity index (χ3v) is 2.18. The molecule has 2 unspecified atom stereocenters. The average Bonchev–Trinajstić information content (AvgIpc) is 2.20. The summed E-state index contributed by atoms with van der Waals surface area (Å²) < 4.78 is 11.3. The third-order valence-electron chi connectivity index (χ3n) is 2.18. The summed E-state index contributed by atoms with van der Waals surface area (Å²) in [6, 6.07) is 7.86. The highest BCUT2D eigenvalue weighted by Gasteiger charge is 2.10. The molecule has 0 aliphatic rings. The molecule has 1 aromatic rings. The molecule has 0 heterocycles. The fourth-order valence-corrected chi connectivity index (χ4v) is 1.61. The number of hydrogen-bond acceptors (Lipinski definition) is 3. The van der Waals surface area contributed by atoms with Crippen LogP contribution in [-0.2, 0) is 0 Å². The summed E-state index contributed by atoms with van der Waals surface area (Å²) in [6.45, 7) is 6.60. The van der Waals surface area contributed by atoms with E-state index in [1.54, 1.807) is 0 Å². The van der Waals surface area contributed by atoms with Crippen LogP contribution in [-0.4, -0.2) is 18.8 Å². The summed E-state index contributed by atoms with van der Waals surface area (Å²) in [5.74, 6) is 1.58. The van der Waals surface area contributed by atoms with Gasteiger partial charge in [-0.05, 0) is 39.3 Å². The molecule has 2 N–H and O–H groups in total. The zero-order valence-electron chi connectivity index (χ0n) is 10.3. The molecule has 3 heteroatoms. The van der Waals surface area contributed by atoms with Crippen LogP contribution >= 0.6 is 0 Å². The summed E-state index contributed by atoms with van der Waals surface area (Å²) in [6.07, 6.45) is 0.932. The highest BCUT2D eigenvalue weighted by atomic mass is 16.5. The van der Waals surface area contributed by atoms with Crippen molar-refractivity contribution in [3.63, 3.8) is 0 Å². The molecule has 2 atom stereocenters. The van der Waals surface area contributed by atoms with E-state index in [1.165, 1.54) is 0 Å². The van der Waals surface area contributed by atoms with E-state index in [0.717, 1.165) is 17.9 Å². The normalized spacial score (nSPS) is 14.2. The molecule has 0 fully saturated rings. The first-order chi connectivity index (χ1) is 7.63. The van der Waals surface area contributed by atoms with Crippen LogP contribution in [0.4, 0.5) is 0 Å². The predicted molar refractivity (Wildman–Crippen MR) is 66.0 cm³/mol. The third kappa shape index (κ3) is 4.11. The topological polar surface area (TPSA) is 44.5 Å². The van der Waals surface area contributed by atoms with Crippen LogP contribution in [0.2, 0.25) is 0 Å². The monoisotopic (exact) mass is 223 g/mol. The van der Waals surface area contributed by atoms with Crippen molar-refractivity contribution < 1.29 is 9.47 Å². The fraction of sp³-hybridized carbons (Fsp3) is 0.538. The number of nitrogens with two attached hydrogens (primary N) is 1. The minimum Gasteiger partial charge on any atom is -0.490 e. The van der Waals surface area contributed by atoms with Crippen molar-refractivity contribution in [1.29, 1.82) is 0 Å². The van der Waals surface area contributed by atoms with Crippen molar-refractivity contribution in [2.24, 2.45) is 5.73 Å². The van der Waals surface area contributed by atoms with E-state index < -0.39 is 0 Å². The second kappa shape index (κ2) is 6.38. The maximum atomic E-state index is 5.80. The van der Waals surface area contributed by atoms with Crippen LogP contribution in [0.25, 0.3) is 0 Å². The van der Waals surface area contributed by atoms with Crippen molar-refractivity contribution in [3.8, 4) is 11.5 Å². The lowest BCUT2D eigenvalue weighted by molar-refractivity contribution is 0.191. The van der Waals surface area contributed by atoms with Crippen molar-refractivity contribution in [2.75, 3.05) is 6.61 Å². The van der Waals surface area contributed by atoms with E-state index in [-0.39, 0.29) is 12.1 Å². The van der Waals surface area contributed by atoms with Crippen LogP contribution in [0.5, 0.6) is 11.5 Å². The van der Waals surface area contributed by atoms with Crippen molar-refractivity contribution >= 4 is 0 Å². The smallest absolute Gasteiger partial charge is 0.161 e. The molecule has 0 aliphatic heterocycles. The molecule has 16 heavy (non-hydrogen) atoms. The molecule has 0 saturated heterocycles. The standard InChI is InChI=1S/C13H21NO2/c1-4-15-12-7-5-6-8-13(12)16-11(3)9-10(2)14/h5-8,10-11H,4,9,14H2,1-3H3. The Labute approximate surface area is 97.6 Å². The molecular weight excluding hydrogens is 202 g/mol. The molecular formula is C13H21NO2. The van der Waals surface area contributed by atoms with Crippen LogP contribution in [0.3, 0.4) is 0 Å². The van der Waals surface area contributed by atoms with E-state index >= 15 is 0 Å². The van der Waals surface area contributed by atoms with Gasteiger partial charge in [0.05, 0.1) is 12.7 Å². The van der Waals surface area contributed by atoms with Gasteiger partial charge in [-0.25, -0.2) is 0 Å². The lowest BCUT2D eigenvalue weighted by atomic mass is 10.2. The highest BCUT2D eigenvalue weighted by molar-refractivity contribution is 5.39. The molecule has 0 aliphatic carbocycles. The van der Waals surface area contributed by atoms with E-state index in [4.69, 9.17) is 15.2 Å². The second-order valence-electron chi connectivity index (χ2n) is 4.02. The number of hydrogen-bond donors (Lipinski definition) is 1. The van der Waals surface area contributed by atoms with Gasteiger partial charge in [-0.2, -0.15) is 0 Å².